The van der Waals surface area contributed by atoms with Crippen LogP contribution in [0.15, 0.2) is 71.4 Å². The van der Waals surface area contributed by atoms with Crippen molar-refractivity contribution in [3.05, 3.63) is 67.0 Å². The van der Waals surface area contributed by atoms with Gasteiger partial charge >= 0.3 is 0 Å². The maximum atomic E-state index is 5.72. The lowest BCUT2D eigenvalue weighted by atomic mass is 10.1. The van der Waals surface area contributed by atoms with Gasteiger partial charge in [-0.25, -0.2) is 9.97 Å². The van der Waals surface area contributed by atoms with Crippen LogP contribution in [0.4, 0.5) is 0 Å². The molecule has 1 aromatic carbocycles. The van der Waals surface area contributed by atoms with Gasteiger partial charge in [-0.1, -0.05) is 24.3 Å². The molecule has 0 fully saturated rings. The number of hydrogen-bond acceptors (Lipinski definition) is 4. The summed E-state index contributed by atoms with van der Waals surface area (Å²) in [6, 6.07) is 17.9. The van der Waals surface area contributed by atoms with Crippen LogP contribution in [0, 0.1) is 0 Å². The van der Waals surface area contributed by atoms with Gasteiger partial charge in [0.05, 0.1) is 16.8 Å². The molecule has 4 nitrogen and oxygen atoms in total. The van der Waals surface area contributed by atoms with E-state index in [-0.39, 0.29) is 0 Å². The lowest BCUT2D eigenvalue weighted by Gasteiger charge is -2.02. The second-order valence-electron chi connectivity index (χ2n) is 5.42. The van der Waals surface area contributed by atoms with E-state index in [4.69, 9.17) is 9.40 Å². The molecule has 4 heterocycles. The molecule has 0 aliphatic heterocycles. The molecule has 0 spiro atoms. The van der Waals surface area contributed by atoms with Gasteiger partial charge < -0.3 is 4.42 Å². The van der Waals surface area contributed by atoms with Crippen LogP contribution in [-0.4, -0.2) is 15.0 Å². The third kappa shape index (κ3) is 1.89. The number of furan rings is 1. The number of pyridine rings is 3. The fourth-order valence-corrected chi connectivity index (χ4v) is 2.84. The Hall–Kier alpha value is -3.27. The first-order valence-corrected chi connectivity index (χ1v) is 7.38. The van der Waals surface area contributed by atoms with Crippen LogP contribution in [0.25, 0.3) is 44.4 Å². The number of benzene rings is 1. The monoisotopic (exact) mass is 297 g/mol. The zero-order valence-electron chi connectivity index (χ0n) is 12.1. The first kappa shape index (κ1) is 12.3. The summed E-state index contributed by atoms with van der Waals surface area (Å²) in [5.74, 6) is 0. The van der Waals surface area contributed by atoms with Crippen molar-refractivity contribution >= 4 is 33.0 Å². The Bertz CT molecular complexity index is 1180. The summed E-state index contributed by atoms with van der Waals surface area (Å²) in [4.78, 5) is 13.5. The Morgan fingerprint density at radius 3 is 2.65 bits per heavy atom. The minimum absolute atomic E-state index is 0.610. The lowest BCUT2D eigenvalue weighted by Crippen LogP contribution is -1.88. The van der Waals surface area contributed by atoms with Gasteiger partial charge in [0.15, 0.2) is 5.58 Å². The molecule has 0 unspecified atom stereocenters. The van der Waals surface area contributed by atoms with Gasteiger partial charge in [0, 0.05) is 17.8 Å². The van der Waals surface area contributed by atoms with Gasteiger partial charge in [0.2, 0.25) is 5.71 Å². The van der Waals surface area contributed by atoms with E-state index in [9.17, 15) is 0 Å². The Morgan fingerprint density at radius 1 is 0.783 bits per heavy atom. The summed E-state index contributed by atoms with van der Waals surface area (Å²) in [5.41, 5.74) is 3.85. The Kier molecular flexibility index (Phi) is 2.46. The van der Waals surface area contributed by atoms with Crippen LogP contribution in [0.1, 0.15) is 0 Å². The summed E-state index contributed by atoms with van der Waals surface area (Å²) in [6.45, 7) is 0. The second-order valence-corrected chi connectivity index (χ2v) is 5.42. The maximum Gasteiger partial charge on any atom is 0.228 e. The van der Waals surface area contributed by atoms with E-state index < -0.39 is 0 Å². The molecule has 0 bridgehead atoms. The maximum absolute atomic E-state index is 5.72. The van der Waals surface area contributed by atoms with Crippen molar-refractivity contribution in [2.75, 3.05) is 0 Å². The predicted octanol–water partition coefficient (Wildman–Crippen LogP) is 4.59. The number of nitrogens with zero attached hydrogens (tertiary/aromatic N) is 3. The molecule has 0 N–H and O–H groups in total. The number of hydrogen-bond donors (Lipinski definition) is 0. The highest BCUT2D eigenvalue weighted by Gasteiger charge is 2.11. The molecule has 5 aromatic rings. The Labute approximate surface area is 131 Å². The molecule has 4 aromatic heterocycles. The van der Waals surface area contributed by atoms with Crippen LogP contribution in [0.2, 0.25) is 0 Å². The molecule has 0 saturated carbocycles. The van der Waals surface area contributed by atoms with E-state index in [1.807, 2.05) is 42.6 Å². The van der Waals surface area contributed by atoms with Gasteiger partial charge in [0.25, 0.3) is 0 Å². The van der Waals surface area contributed by atoms with E-state index in [0.29, 0.717) is 5.71 Å². The van der Waals surface area contributed by atoms with E-state index in [0.717, 1.165) is 38.6 Å². The largest absolute Gasteiger partial charge is 0.436 e. The minimum Gasteiger partial charge on any atom is -0.436 e. The first-order chi connectivity index (χ1) is 11.4. The standard InChI is InChI=1S/C19H11N3O/c1-2-5-13-11-21-16(10-12(13)4-1)15-7-8-17-18(22-15)14-6-3-9-20-19(14)23-17/h1-11H. The SMILES string of the molecule is c1ccc2cc(-c3ccc4oc5ncccc5c4n3)ncc2c1. The van der Waals surface area contributed by atoms with Crippen molar-refractivity contribution in [3.8, 4) is 11.4 Å². The third-order valence-corrected chi connectivity index (χ3v) is 3.98. The average molecular weight is 297 g/mol. The zero-order valence-corrected chi connectivity index (χ0v) is 12.1. The van der Waals surface area contributed by atoms with E-state index >= 15 is 0 Å². The fraction of sp³-hybridized carbons (Fsp3) is 0. The van der Waals surface area contributed by atoms with Gasteiger partial charge in [-0.3, -0.25) is 4.98 Å². The van der Waals surface area contributed by atoms with Gasteiger partial charge in [-0.15, -0.1) is 0 Å². The lowest BCUT2D eigenvalue weighted by molar-refractivity contribution is 0.653. The van der Waals surface area contributed by atoms with Crippen molar-refractivity contribution in [1.29, 1.82) is 0 Å². The van der Waals surface area contributed by atoms with Crippen molar-refractivity contribution in [1.82, 2.24) is 15.0 Å². The summed E-state index contributed by atoms with van der Waals surface area (Å²) in [6.07, 6.45) is 3.60. The summed E-state index contributed by atoms with van der Waals surface area (Å²) in [5, 5.41) is 3.19. The van der Waals surface area contributed by atoms with E-state index in [1.54, 1.807) is 6.20 Å². The van der Waals surface area contributed by atoms with E-state index in [1.165, 1.54) is 0 Å². The predicted molar refractivity (Wildman–Crippen MR) is 90.0 cm³/mol. The molecule has 0 amide bonds. The molecule has 0 radical (unpaired) electrons. The molecule has 108 valence electrons. The highest BCUT2D eigenvalue weighted by Crippen LogP contribution is 2.28. The molecule has 0 saturated heterocycles. The zero-order chi connectivity index (χ0) is 15.2. The van der Waals surface area contributed by atoms with Crippen LogP contribution < -0.4 is 0 Å². The Balaban J connectivity index is 1.76. The number of aromatic nitrogens is 3. The topological polar surface area (TPSA) is 51.8 Å². The molecular weight excluding hydrogens is 286 g/mol. The highest BCUT2D eigenvalue weighted by atomic mass is 16.3. The normalized spacial score (nSPS) is 11.5. The summed E-state index contributed by atoms with van der Waals surface area (Å²) < 4.78 is 5.72. The van der Waals surface area contributed by atoms with E-state index in [2.05, 4.69) is 28.2 Å². The molecule has 0 aliphatic rings. The van der Waals surface area contributed by atoms with Gasteiger partial charge in [0.1, 0.15) is 5.52 Å². The van der Waals surface area contributed by atoms with Crippen molar-refractivity contribution in [2.24, 2.45) is 0 Å². The van der Waals surface area contributed by atoms with Gasteiger partial charge in [-0.05, 0) is 35.7 Å². The van der Waals surface area contributed by atoms with Crippen LogP contribution >= 0.6 is 0 Å². The minimum atomic E-state index is 0.610. The number of fused-ring (bicyclic) bond motifs is 4. The average Bonchev–Trinajstić information content (AvgIpc) is 2.99. The highest BCUT2D eigenvalue weighted by molar-refractivity contribution is 6.01. The Morgan fingerprint density at radius 2 is 1.70 bits per heavy atom. The fourth-order valence-electron chi connectivity index (χ4n) is 2.84. The molecule has 5 rings (SSSR count). The first-order valence-electron chi connectivity index (χ1n) is 7.38. The third-order valence-electron chi connectivity index (χ3n) is 3.98. The molecule has 0 aliphatic carbocycles. The number of rotatable bonds is 1. The van der Waals surface area contributed by atoms with Crippen molar-refractivity contribution in [3.63, 3.8) is 0 Å². The van der Waals surface area contributed by atoms with Crippen molar-refractivity contribution in [2.45, 2.75) is 0 Å². The van der Waals surface area contributed by atoms with Crippen molar-refractivity contribution < 1.29 is 4.42 Å². The van der Waals surface area contributed by atoms with Gasteiger partial charge in [-0.2, -0.15) is 0 Å². The molecule has 4 heteroatoms. The van der Waals surface area contributed by atoms with Crippen LogP contribution in [-0.2, 0) is 0 Å². The van der Waals surface area contributed by atoms with Crippen LogP contribution in [0.5, 0.6) is 0 Å². The molecular formula is C19H11N3O. The summed E-state index contributed by atoms with van der Waals surface area (Å²) in [7, 11) is 0. The quantitative estimate of drug-likeness (QED) is 0.454. The molecule has 23 heavy (non-hydrogen) atoms. The summed E-state index contributed by atoms with van der Waals surface area (Å²) >= 11 is 0. The smallest absolute Gasteiger partial charge is 0.228 e. The molecule has 0 atom stereocenters. The second kappa shape index (κ2) is 4.61. The van der Waals surface area contributed by atoms with Crippen LogP contribution in [0.3, 0.4) is 0 Å².